The summed E-state index contributed by atoms with van der Waals surface area (Å²) in [6.07, 6.45) is 4.98. The van der Waals surface area contributed by atoms with Gasteiger partial charge in [0.1, 0.15) is 5.75 Å². The zero-order chi connectivity index (χ0) is 18.4. The lowest BCUT2D eigenvalue weighted by Gasteiger charge is -2.25. The highest BCUT2D eigenvalue weighted by molar-refractivity contribution is 7.89. The zero-order valence-electron chi connectivity index (χ0n) is 14.9. The number of hydrogen-bond donors (Lipinski definition) is 1. The molecular weight excluding hydrogens is 356 g/mol. The maximum absolute atomic E-state index is 12.6. The number of rotatable bonds is 7. The molecule has 26 heavy (non-hydrogen) atoms. The van der Waals surface area contributed by atoms with Crippen molar-refractivity contribution in [1.29, 1.82) is 0 Å². The summed E-state index contributed by atoms with van der Waals surface area (Å²) in [4.78, 5) is 12.1. The maximum atomic E-state index is 12.6. The predicted molar refractivity (Wildman–Crippen MR) is 96.5 cm³/mol. The van der Waals surface area contributed by atoms with Crippen molar-refractivity contribution in [3.63, 3.8) is 0 Å². The molecular formula is C18H26N2O5S. The molecule has 2 aliphatic heterocycles. The molecule has 0 saturated carbocycles. The van der Waals surface area contributed by atoms with E-state index in [-0.39, 0.29) is 23.5 Å². The van der Waals surface area contributed by atoms with Crippen LogP contribution in [0.4, 0.5) is 0 Å². The van der Waals surface area contributed by atoms with E-state index >= 15 is 0 Å². The summed E-state index contributed by atoms with van der Waals surface area (Å²) in [6, 6.07) is 6.24. The fraction of sp³-hybridized carbons (Fsp3) is 0.611. The van der Waals surface area contributed by atoms with Crippen LogP contribution in [0, 0.1) is 0 Å². The number of benzene rings is 1. The summed E-state index contributed by atoms with van der Waals surface area (Å²) < 4.78 is 37.6. The summed E-state index contributed by atoms with van der Waals surface area (Å²) in [5.41, 5.74) is 0. The third kappa shape index (κ3) is 4.96. The van der Waals surface area contributed by atoms with Gasteiger partial charge < -0.3 is 14.8 Å². The van der Waals surface area contributed by atoms with E-state index in [2.05, 4.69) is 5.32 Å². The van der Waals surface area contributed by atoms with Crippen molar-refractivity contribution in [1.82, 2.24) is 9.62 Å². The fourth-order valence-electron chi connectivity index (χ4n) is 3.20. The molecule has 2 heterocycles. The topological polar surface area (TPSA) is 84.9 Å². The van der Waals surface area contributed by atoms with Crippen LogP contribution < -0.4 is 10.1 Å². The van der Waals surface area contributed by atoms with Gasteiger partial charge in [-0.25, -0.2) is 8.42 Å². The molecule has 3 rings (SSSR count). The second-order valence-corrected chi connectivity index (χ2v) is 8.60. The summed E-state index contributed by atoms with van der Waals surface area (Å²) >= 11 is 0. The van der Waals surface area contributed by atoms with Crippen LogP contribution in [0.3, 0.4) is 0 Å². The zero-order valence-corrected chi connectivity index (χ0v) is 15.7. The van der Waals surface area contributed by atoms with Crippen LogP contribution >= 0.6 is 0 Å². The Morgan fingerprint density at radius 3 is 2.54 bits per heavy atom. The molecule has 0 spiro atoms. The molecule has 1 atom stereocenters. The third-order valence-corrected chi connectivity index (χ3v) is 6.61. The number of nitrogens with zero attached hydrogens (tertiary/aromatic N) is 1. The van der Waals surface area contributed by atoms with E-state index in [9.17, 15) is 13.2 Å². The van der Waals surface area contributed by atoms with E-state index in [1.165, 1.54) is 16.4 Å². The molecule has 0 radical (unpaired) electrons. The van der Waals surface area contributed by atoms with Gasteiger partial charge in [0, 0.05) is 26.2 Å². The lowest BCUT2D eigenvalue weighted by Crippen LogP contribution is -2.35. The summed E-state index contributed by atoms with van der Waals surface area (Å²) in [6.45, 7) is 2.29. The Kier molecular flexibility index (Phi) is 6.50. The number of sulfonamides is 1. The highest BCUT2D eigenvalue weighted by Crippen LogP contribution is 2.22. The lowest BCUT2D eigenvalue weighted by atomic mass is 10.2. The van der Waals surface area contributed by atoms with Crippen molar-refractivity contribution in [2.24, 2.45) is 0 Å². The van der Waals surface area contributed by atoms with Gasteiger partial charge in [0.25, 0.3) is 5.91 Å². The van der Waals surface area contributed by atoms with E-state index in [4.69, 9.17) is 9.47 Å². The monoisotopic (exact) mass is 382 g/mol. The summed E-state index contributed by atoms with van der Waals surface area (Å²) in [5, 5.41) is 2.78. The van der Waals surface area contributed by atoms with Crippen molar-refractivity contribution in [2.75, 3.05) is 32.8 Å². The van der Waals surface area contributed by atoms with Crippen LogP contribution in [0.2, 0.25) is 0 Å². The van der Waals surface area contributed by atoms with Gasteiger partial charge in [-0.3, -0.25) is 4.79 Å². The average Bonchev–Trinajstić information content (AvgIpc) is 3.19. The van der Waals surface area contributed by atoms with Crippen molar-refractivity contribution < 1.29 is 22.7 Å². The molecule has 144 valence electrons. The van der Waals surface area contributed by atoms with Gasteiger partial charge in [-0.15, -0.1) is 0 Å². The number of ether oxygens (including phenoxy) is 2. The van der Waals surface area contributed by atoms with Gasteiger partial charge >= 0.3 is 0 Å². The first kappa shape index (κ1) is 19.1. The number of piperidine rings is 1. The molecule has 0 aromatic heterocycles. The molecule has 0 unspecified atom stereocenters. The number of hydrogen-bond acceptors (Lipinski definition) is 5. The Morgan fingerprint density at radius 1 is 1.15 bits per heavy atom. The number of nitrogens with one attached hydrogen (secondary N) is 1. The Bertz CT molecular complexity index is 693. The minimum absolute atomic E-state index is 0.0956. The Morgan fingerprint density at radius 2 is 1.88 bits per heavy atom. The quantitative estimate of drug-likeness (QED) is 0.773. The molecule has 1 aromatic rings. The van der Waals surface area contributed by atoms with Crippen LogP contribution in [-0.4, -0.2) is 57.6 Å². The summed E-state index contributed by atoms with van der Waals surface area (Å²) in [5.74, 6) is 0.250. The molecule has 0 aliphatic carbocycles. The Balaban J connectivity index is 1.48. The molecule has 7 nitrogen and oxygen atoms in total. The first-order valence-electron chi connectivity index (χ1n) is 9.17. The number of amides is 1. The van der Waals surface area contributed by atoms with Crippen LogP contribution in [-0.2, 0) is 19.6 Å². The molecule has 1 aromatic carbocycles. The number of carbonyl (C=O) groups is 1. The van der Waals surface area contributed by atoms with Gasteiger partial charge in [0.15, 0.2) is 6.61 Å². The Hall–Kier alpha value is -1.64. The fourth-order valence-corrected chi connectivity index (χ4v) is 4.71. The van der Waals surface area contributed by atoms with Crippen molar-refractivity contribution in [2.45, 2.75) is 43.1 Å². The Labute approximate surface area is 154 Å². The third-order valence-electron chi connectivity index (χ3n) is 4.70. The molecule has 2 fully saturated rings. The molecule has 0 bridgehead atoms. The minimum Gasteiger partial charge on any atom is -0.484 e. The second-order valence-electron chi connectivity index (χ2n) is 6.66. The second kappa shape index (κ2) is 8.83. The highest BCUT2D eigenvalue weighted by Gasteiger charge is 2.25. The van der Waals surface area contributed by atoms with Crippen LogP contribution in [0.5, 0.6) is 5.75 Å². The van der Waals surface area contributed by atoms with Crippen molar-refractivity contribution in [3.8, 4) is 5.75 Å². The van der Waals surface area contributed by atoms with Gasteiger partial charge in [-0.2, -0.15) is 4.31 Å². The van der Waals surface area contributed by atoms with E-state index in [1.807, 2.05) is 0 Å². The normalized spacial score (nSPS) is 21.5. The first-order valence-corrected chi connectivity index (χ1v) is 10.6. The van der Waals surface area contributed by atoms with E-state index in [0.29, 0.717) is 25.4 Å². The van der Waals surface area contributed by atoms with Crippen molar-refractivity contribution >= 4 is 15.9 Å². The van der Waals surface area contributed by atoms with Gasteiger partial charge in [0.2, 0.25) is 10.0 Å². The van der Waals surface area contributed by atoms with E-state index in [1.54, 1.807) is 12.1 Å². The molecule has 2 saturated heterocycles. The highest BCUT2D eigenvalue weighted by atomic mass is 32.2. The first-order chi connectivity index (χ1) is 12.6. The van der Waals surface area contributed by atoms with Crippen LogP contribution in [0.1, 0.15) is 32.1 Å². The molecule has 2 aliphatic rings. The maximum Gasteiger partial charge on any atom is 0.258 e. The SMILES string of the molecule is O=C(COc1ccc(S(=O)(=O)N2CCCCC2)cc1)NC[C@@H]1CCCO1. The summed E-state index contributed by atoms with van der Waals surface area (Å²) in [7, 11) is -3.44. The largest absolute Gasteiger partial charge is 0.484 e. The molecule has 1 amide bonds. The minimum atomic E-state index is -3.44. The van der Waals surface area contributed by atoms with E-state index in [0.717, 1.165) is 38.7 Å². The van der Waals surface area contributed by atoms with Crippen LogP contribution in [0.25, 0.3) is 0 Å². The van der Waals surface area contributed by atoms with Gasteiger partial charge in [-0.05, 0) is 49.9 Å². The van der Waals surface area contributed by atoms with Crippen molar-refractivity contribution in [3.05, 3.63) is 24.3 Å². The molecule has 1 N–H and O–H groups in total. The van der Waals surface area contributed by atoms with Gasteiger partial charge in [-0.1, -0.05) is 6.42 Å². The van der Waals surface area contributed by atoms with Crippen LogP contribution in [0.15, 0.2) is 29.2 Å². The van der Waals surface area contributed by atoms with E-state index < -0.39 is 10.0 Å². The predicted octanol–water partition coefficient (Wildman–Crippen LogP) is 1.54. The molecule has 8 heteroatoms. The lowest BCUT2D eigenvalue weighted by molar-refractivity contribution is -0.123. The smallest absolute Gasteiger partial charge is 0.258 e. The standard InChI is InChI=1S/C18H26N2O5S/c21-18(19-13-16-5-4-12-24-16)14-25-15-6-8-17(9-7-15)26(22,23)20-10-2-1-3-11-20/h6-9,16H,1-5,10-14H2,(H,19,21)/t16-/m0/s1. The number of carbonyl (C=O) groups excluding carboxylic acids is 1. The average molecular weight is 382 g/mol. The van der Waals surface area contributed by atoms with Gasteiger partial charge in [0.05, 0.1) is 11.0 Å².